The molecule has 1 aliphatic heterocycles. The zero-order valence-corrected chi connectivity index (χ0v) is 21.3. The van der Waals surface area contributed by atoms with Gasteiger partial charge in [-0.1, -0.05) is 31.2 Å². The molecule has 0 bridgehead atoms. The van der Waals surface area contributed by atoms with Crippen LogP contribution in [0.4, 0.5) is 13.2 Å². The van der Waals surface area contributed by atoms with E-state index in [1.165, 1.54) is 17.2 Å². The molecule has 5 rings (SSSR count). The highest BCUT2D eigenvalue weighted by Crippen LogP contribution is 2.41. The van der Waals surface area contributed by atoms with Crippen molar-refractivity contribution in [1.29, 1.82) is 0 Å². The molecule has 1 unspecified atom stereocenters. The summed E-state index contributed by atoms with van der Waals surface area (Å²) in [6, 6.07) is 10.5. The maximum absolute atomic E-state index is 14.3. The van der Waals surface area contributed by atoms with E-state index in [1.807, 2.05) is 25.1 Å². The van der Waals surface area contributed by atoms with Crippen LogP contribution in [0.2, 0.25) is 0 Å². The number of benzene rings is 1. The second-order valence-electron chi connectivity index (χ2n) is 8.82. The minimum absolute atomic E-state index is 0. The molecule has 2 N–H and O–H groups in total. The number of hydrogen-bond acceptors (Lipinski definition) is 6. The number of hydrogen-bond donors (Lipinski definition) is 1. The third-order valence-electron chi connectivity index (χ3n) is 6.67. The fraction of sp³-hybridized carbons (Fsp3) is 0.375. The van der Waals surface area contributed by atoms with Crippen LogP contribution >= 0.6 is 24.8 Å². The molecule has 4 aromatic rings. The summed E-state index contributed by atoms with van der Waals surface area (Å²) in [5.74, 6) is 0.954. The molecule has 0 radical (unpaired) electrons. The third kappa shape index (κ3) is 4.95. The van der Waals surface area contributed by atoms with Gasteiger partial charge in [0.25, 0.3) is 0 Å². The van der Waals surface area contributed by atoms with Gasteiger partial charge in [-0.2, -0.15) is 13.2 Å². The summed E-state index contributed by atoms with van der Waals surface area (Å²) in [6.45, 7) is 2.38. The van der Waals surface area contributed by atoms with Crippen LogP contribution in [0, 0.1) is 0 Å². The Hall–Kier alpha value is -2.66. The van der Waals surface area contributed by atoms with Gasteiger partial charge in [0.05, 0.1) is 7.11 Å². The van der Waals surface area contributed by atoms with Crippen LogP contribution in [0.15, 0.2) is 48.7 Å². The number of halogens is 5. The lowest BCUT2D eigenvalue weighted by Gasteiger charge is -2.31. The molecule has 3 aromatic heterocycles. The minimum Gasteiger partial charge on any atom is -0.494 e. The molecule has 1 aliphatic rings. The summed E-state index contributed by atoms with van der Waals surface area (Å²) in [4.78, 5) is 6.10. The zero-order valence-electron chi connectivity index (χ0n) is 19.7. The van der Waals surface area contributed by atoms with E-state index in [0.29, 0.717) is 41.3 Å². The molecular weight excluding hydrogens is 516 g/mol. The number of aromatic nitrogens is 4. The van der Waals surface area contributed by atoms with Crippen LogP contribution in [0.3, 0.4) is 0 Å². The van der Waals surface area contributed by atoms with Crippen molar-refractivity contribution in [1.82, 2.24) is 24.5 Å². The van der Waals surface area contributed by atoms with Crippen LogP contribution < -0.4 is 10.5 Å². The Kier molecular flexibility index (Phi) is 8.04. The topological polar surface area (TPSA) is 81.6 Å². The average Bonchev–Trinajstić information content (AvgIpc) is 3.41. The van der Waals surface area contributed by atoms with E-state index in [9.17, 15) is 13.2 Å². The summed E-state index contributed by atoms with van der Waals surface area (Å²) >= 11 is 0. The van der Waals surface area contributed by atoms with Gasteiger partial charge in [0.1, 0.15) is 23.0 Å². The highest BCUT2D eigenvalue weighted by molar-refractivity contribution is 5.86. The largest absolute Gasteiger partial charge is 0.494 e. The number of nitrogens with two attached hydrogens (primary N) is 1. The van der Waals surface area contributed by atoms with Gasteiger partial charge in [0.2, 0.25) is 0 Å². The Labute approximate surface area is 218 Å². The number of methoxy groups -OCH3 is 1. The number of ether oxygens (including phenoxy) is 1. The molecule has 0 spiro atoms. The Morgan fingerprint density at radius 1 is 1.11 bits per heavy atom. The molecule has 4 heterocycles. The van der Waals surface area contributed by atoms with Crippen LogP contribution in [0.1, 0.15) is 31.4 Å². The fourth-order valence-electron chi connectivity index (χ4n) is 4.70. The molecule has 1 fully saturated rings. The van der Waals surface area contributed by atoms with Gasteiger partial charge in [-0.25, -0.2) is 4.98 Å². The van der Waals surface area contributed by atoms with Crippen molar-refractivity contribution in [2.24, 2.45) is 5.73 Å². The van der Waals surface area contributed by atoms with E-state index in [2.05, 4.69) is 15.2 Å². The van der Waals surface area contributed by atoms with Crippen LogP contribution in [0.25, 0.3) is 28.1 Å². The van der Waals surface area contributed by atoms with E-state index in [4.69, 9.17) is 10.5 Å². The summed E-state index contributed by atoms with van der Waals surface area (Å²) in [7, 11) is 1.56. The first-order chi connectivity index (χ1) is 16.2. The van der Waals surface area contributed by atoms with Gasteiger partial charge in [-0.15, -0.1) is 35.0 Å². The quantitative estimate of drug-likeness (QED) is 0.372. The second-order valence-corrected chi connectivity index (χ2v) is 8.82. The zero-order chi connectivity index (χ0) is 24.1. The SMILES string of the molecule is CCC1(N)CCN([C@@H](c2ccc3nnc(-c4ccc5cccc(OC)c5n4)n3c2)C(F)(F)F)C1.Cl.Cl. The molecule has 194 valence electrons. The summed E-state index contributed by atoms with van der Waals surface area (Å²) in [5, 5.41) is 9.24. The molecule has 0 aliphatic carbocycles. The Bertz CT molecular complexity index is 1360. The molecule has 2 atom stereocenters. The highest BCUT2D eigenvalue weighted by atomic mass is 35.5. The van der Waals surface area contributed by atoms with Crippen molar-refractivity contribution >= 4 is 41.4 Å². The van der Waals surface area contributed by atoms with E-state index in [1.54, 1.807) is 29.7 Å². The Morgan fingerprint density at radius 2 is 1.89 bits per heavy atom. The lowest BCUT2D eigenvalue weighted by Crippen LogP contribution is -2.44. The number of alkyl halides is 3. The van der Waals surface area contributed by atoms with Crippen molar-refractivity contribution in [2.45, 2.75) is 37.5 Å². The maximum atomic E-state index is 14.3. The lowest BCUT2D eigenvalue weighted by molar-refractivity contribution is -0.184. The van der Waals surface area contributed by atoms with Gasteiger partial charge in [0.15, 0.2) is 11.5 Å². The van der Waals surface area contributed by atoms with Gasteiger partial charge >= 0.3 is 6.18 Å². The Balaban J connectivity index is 0.00000180. The molecular formula is C24H27Cl2F3N6O. The number of para-hydroxylation sites is 1. The predicted molar refractivity (Wildman–Crippen MR) is 137 cm³/mol. The predicted octanol–water partition coefficient (Wildman–Crippen LogP) is 5.21. The van der Waals surface area contributed by atoms with Crippen LogP contribution in [0.5, 0.6) is 5.75 Å². The van der Waals surface area contributed by atoms with Gasteiger partial charge in [-0.3, -0.25) is 9.30 Å². The molecule has 7 nitrogen and oxygen atoms in total. The monoisotopic (exact) mass is 542 g/mol. The number of fused-ring (bicyclic) bond motifs is 2. The minimum atomic E-state index is -4.46. The fourth-order valence-corrected chi connectivity index (χ4v) is 4.70. The molecule has 0 saturated carbocycles. The van der Waals surface area contributed by atoms with Gasteiger partial charge in [-0.05, 0) is 36.6 Å². The summed E-state index contributed by atoms with van der Waals surface area (Å²) < 4.78 is 49.8. The number of nitrogens with zero attached hydrogens (tertiary/aromatic N) is 5. The summed E-state index contributed by atoms with van der Waals surface area (Å²) in [6.07, 6.45) is -1.85. The van der Waals surface area contributed by atoms with Crippen LogP contribution in [-0.4, -0.2) is 56.4 Å². The van der Waals surface area contributed by atoms with Gasteiger partial charge < -0.3 is 10.5 Å². The van der Waals surface area contributed by atoms with Crippen molar-refractivity contribution < 1.29 is 17.9 Å². The van der Waals surface area contributed by atoms with E-state index in [-0.39, 0.29) is 43.5 Å². The van der Waals surface area contributed by atoms with E-state index in [0.717, 1.165) is 5.39 Å². The standard InChI is InChI=1S/C24H25F3N6O.2ClH/c1-3-23(28)11-12-32(14-23)21(24(25,26)27)16-8-10-19-30-31-22(33(19)13-16)17-9-7-15-5-4-6-18(34-2)20(15)29-17;;/h4-10,13,21H,3,11-12,14,28H2,1-2H3;2*1H/t21-,23?;;/m0../s1. The molecule has 0 amide bonds. The van der Waals surface area contributed by atoms with Gasteiger partial charge in [0, 0.05) is 30.2 Å². The molecule has 36 heavy (non-hydrogen) atoms. The van der Waals surface area contributed by atoms with Crippen molar-refractivity contribution in [3.05, 3.63) is 54.2 Å². The van der Waals surface area contributed by atoms with Crippen molar-refractivity contribution in [3.8, 4) is 17.3 Å². The summed E-state index contributed by atoms with van der Waals surface area (Å²) in [5.41, 5.74) is 7.36. The second kappa shape index (κ2) is 10.4. The lowest BCUT2D eigenvalue weighted by atomic mass is 9.97. The normalized spacial score (nSPS) is 19.2. The first-order valence-corrected chi connectivity index (χ1v) is 11.1. The first kappa shape index (κ1) is 27.9. The Morgan fingerprint density at radius 3 is 2.56 bits per heavy atom. The van der Waals surface area contributed by atoms with Crippen LogP contribution in [-0.2, 0) is 0 Å². The smallest absolute Gasteiger partial charge is 0.408 e. The molecule has 1 aromatic carbocycles. The van der Waals surface area contributed by atoms with Crippen molar-refractivity contribution in [2.75, 3.05) is 20.2 Å². The number of rotatable bonds is 5. The maximum Gasteiger partial charge on any atom is 0.408 e. The van der Waals surface area contributed by atoms with Crippen molar-refractivity contribution in [3.63, 3.8) is 0 Å². The third-order valence-corrected chi connectivity index (χ3v) is 6.67. The number of likely N-dealkylation sites (tertiary alicyclic amines) is 1. The van der Waals surface area contributed by atoms with E-state index < -0.39 is 17.8 Å². The highest BCUT2D eigenvalue weighted by Gasteiger charge is 2.49. The average molecular weight is 543 g/mol. The number of pyridine rings is 2. The molecule has 1 saturated heterocycles. The van der Waals surface area contributed by atoms with E-state index >= 15 is 0 Å². The first-order valence-electron chi connectivity index (χ1n) is 11.1. The molecule has 12 heteroatoms.